The molecule has 8 heteroatoms. The molecule has 2 aromatic heterocycles. The lowest BCUT2D eigenvalue weighted by Crippen LogP contribution is -2.46. The van der Waals surface area contributed by atoms with Crippen LogP contribution in [0.1, 0.15) is 0 Å². The van der Waals surface area contributed by atoms with E-state index in [4.69, 9.17) is 10.1 Å². The molecule has 5 rings (SSSR count). The number of piperazine rings is 1. The second-order valence-corrected chi connectivity index (χ2v) is 7.89. The minimum absolute atomic E-state index is 0.433. The summed E-state index contributed by atoms with van der Waals surface area (Å²) in [6.07, 6.45) is 5.50. The summed E-state index contributed by atoms with van der Waals surface area (Å²) in [6, 6.07) is 17.6. The van der Waals surface area contributed by atoms with Crippen molar-refractivity contribution in [1.29, 1.82) is 0 Å². The third-order valence-electron chi connectivity index (χ3n) is 5.81. The number of aliphatic hydroxyl groups is 1. The van der Waals surface area contributed by atoms with E-state index in [2.05, 4.69) is 25.1 Å². The number of hydrogen-bond acceptors (Lipinski definition) is 7. The molecule has 0 atom stereocenters. The molecule has 0 bridgehead atoms. The number of aromatic nitrogens is 3. The number of fused-ring (bicyclic) bond motifs is 1. The topological polar surface area (TPSA) is 94.5 Å². The van der Waals surface area contributed by atoms with Crippen LogP contribution in [-0.2, 0) is 4.79 Å². The molecule has 0 radical (unpaired) electrons. The van der Waals surface area contributed by atoms with Crippen molar-refractivity contribution in [2.75, 3.05) is 47.9 Å². The van der Waals surface area contributed by atoms with Gasteiger partial charge in [0.2, 0.25) is 5.91 Å². The third kappa shape index (κ3) is 4.61. The van der Waals surface area contributed by atoms with E-state index in [9.17, 15) is 4.79 Å². The number of benzene rings is 2. The molecule has 1 aliphatic rings. The van der Waals surface area contributed by atoms with Gasteiger partial charge in [0.15, 0.2) is 0 Å². The molecular formula is C25H24N6O2. The highest BCUT2D eigenvalue weighted by Gasteiger charge is 2.19. The molecule has 33 heavy (non-hydrogen) atoms. The Kier molecular flexibility index (Phi) is 5.82. The summed E-state index contributed by atoms with van der Waals surface area (Å²) >= 11 is 0. The lowest BCUT2D eigenvalue weighted by Gasteiger charge is -2.36. The molecule has 4 aromatic rings. The van der Waals surface area contributed by atoms with Crippen LogP contribution in [0.2, 0.25) is 0 Å². The van der Waals surface area contributed by atoms with Crippen LogP contribution in [0.15, 0.2) is 73.2 Å². The van der Waals surface area contributed by atoms with Crippen molar-refractivity contribution in [3.05, 3.63) is 73.2 Å². The Morgan fingerprint density at radius 2 is 1.58 bits per heavy atom. The zero-order chi connectivity index (χ0) is 22.6. The summed E-state index contributed by atoms with van der Waals surface area (Å²) in [5, 5.41) is 11.5. The van der Waals surface area contributed by atoms with E-state index in [1.807, 2.05) is 73.2 Å². The van der Waals surface area contributed by atoms with Gasteiger partial charge in [-0.15, -0.1) is 0 Å². The Labute approximate surface area is 191 Å². The van der Waals surface area contributed by atoms with Gasteiger partial charge in [-0.2, -0.15) is 0 Å². The molecule has 1 fully saturated rings. The van der Waals surface area contributed by atoms with E-state index in [1.54, 1.807) is 0 Å². The van der Waals surface area contributed by atoms with Crippen LogP contribution in [0.4, 0.5) is 17.2 Å². The molecule has 3 heterocycles. The molecule has 1 amide bonds. The van der Waals surface area contributed by atoms with Gasteiger partial charge in [0.1, 0.15) is 12.4 Å². The molecule has 0 unspecified atom stereocenters. The Morgan fingerprint density at radius 1 is 0.879 bits per heavy atom. The summed E-state index contributed by atoms with van der Waals surface area (Å²) in [7, 11) is 0. The monoisotopic (exact) mass is 440 g/mol. The molecule has 0 spiro atoms. The predicted octanol–water partition coefficient (Wildman–Crippen LogP) is 2.95. The number of carbonyl (C=O) groups is 1. The summed E-state index contributed by atoms with van der Waals surface area (Å²) in [4.78, 5) is 29.6. The van der Waals surface area contributed by atoms with Crippen LogP contribution in [0, 0.1) is 0 Å². The second-order valence-electron chi connectivity index (χ2n) is 7.89. The highest BCUT2D eigenvalue weighted by Crippen LogP contribution is 2.26. The quantitative estimate of drug-likeness (QED) is 0.493. The number of anilines is 3. The van der Waals surface area contributed by atoms with Crippen LogP contribution in [0.3, 0.4) is 0 Å². The minimum Gasteiger partial charge on any atom is -0.387 e. The van der Waals surface area contributed by atoms with Crippen molar-refractivity contribution < 1.29 is 9.90 Å². The number of rotatable bonds is 5. The van der Waals surface area contributed by atoms with Gasteiger partial charge in [0, 0.05) is 49.9 Å². The molecule has 2 aromatic carbocycles. The maximum atomic E-state index is 11.3. The molecule has 8 nitrogen and oxygen atoms in total. The van der Waals surface area contributed by atoms with Crippen molar-refractivity contribution >= 4 is 34.1 Å². The van der Waals surface area contributed by atoms with E-state index in [-0.39, 0.29) is 0 Å². The van der Waals surface area contributed by atoms with Crippen molar-refractivity contribution in [1.82, 2.24) is 15.0 Å². The minimum atomic E-state index is -0.536. The molecule has 1 saturated heterocycles. The Balaban J connectivity index is 1.32. The van der Waals surface area contributed by atoms with Crippen molar-refractivity contribution in [3.8, 4) is 11.1 Å². The number of pyridine rings is 1. The van der Waals surface area contributed by atoms with Gasteiger partial charge in [0.25, 0.3) is 0 Å². The molecule has 166 valence electrons. The van der Waals surface area contributed by atoms with Crippen molar-refractivity contribution in [2.24, 2.45) is 0 Å². The fourth-order valence-electron chi connectivity index (χ4n) is 4.03. The number of amides is 1. The van der Waals surface area contributed by atoms with Gasteiger partial charge in [-0.3, -0.25) is 14.8 Å². The molecular weight excluding hydrogens is 416 g/mol. The van der Waals surface area contributed by atoms with Crippen LogP contribution >= 0.6 is 0 Å². The summed E-state index contributed by atoms with van der Waals surface area (Å²) in [6.45, 7) is 3.06. The first-order valence-electron chi connectivity index (χ1n) is 10.9. The molecule has 0 saturated carbocycles. The van der Waals surface area contributed by atoms with Gasteiger partial charge in [-0.05, 0) is 47.5 Å². The number of nitrogens with one attached hydrogen (secondary N) is 1. The van der Waals surface area contributed by atoms with E-state index < -0.39 is 12.5 Å². The van der Waals surface area contributed by atoms with E-state index >= 15 is 0 Å². The van der Waals surface area contributed by atoms with Crippen molar-refractivity contribution in [3.63, 3.8) is 0 Å². The highest BCUT2D eigenvalue weighted by atomic mass is 16.3. The smallest absolute Gasteiger partial charge is 0.250 e. The van der Waals surface area contributed by atoms with E-state index in [1.165, 1.54) is 5.69 Å². The summed E-state index contributed by atoms with van der Waals surface area (Å²) < 4.78 is 0. The fourth-order valence-corrected chi connectivity index (χ4v) is 4.03. The molecule has 1 aliphatic heterocycles. The van der Waals surface area contributed by atoms with Gasteiger partial charge >= 0.3 is 0 Å². The van der Waals surface area contributed by atoms with E-state index in [0.29, 0.717) is 5.69 Å². The predicted molar refractivity (Wildman–Crippen MR) is 129 cm³/mol. The van der Waals surface area contributed by atoms with Crippen LogP contribution < -0.4 is 15.1 Å². The average Bonchev–Trinajstić information content (AvgIpc) is 2.89. The van der Waals surface area contributed by atoms with Gasteiger partial charge in [-0.25, -0.2) is 4.98 Å². The lowest BCUT2D eigenvalue weighted by atomic mass is 10.0. The number of hydrogen-bond donors (Lipinski definition) is 2. The second kappa shape index (κ2) is 9.22. The fraction of sp³-hybridized carbons (Fsp3) is 0.200. The lowest BCUT2D eigenvalue weighted by molar-refractivity contribution is -0.118. The van der Waals surface area contributed by atoms with Crippen LogP contribution in [0.5, 0.6) is 0 Å². The van der Waals surface area contributed by atoms with Gasteiger partial charge in [-0.1, -0.05) is 18.2 Å². The zero-order valence-electron chi connectivity index (χ0n) is 18.1. The SMILES string of the molecule is O=C(CO)Nc1ccc(-c2ccc3ncc(N4CCN(c5ccncc5)CC4)nc3c2)cc1. The van der Waals surface area contributed by atoms with Gasteiger partial charge in [0.05, 0.1) is 17.2 Å². The maximum Gasteiger partial charge on any atom is 0.250 e. The normalized spacial score (nSPS) is 13.8. The highest BCUT2D eigenvalue weighted by molar-refractivity contribution is 5.92. The Morgan fingerprint density at radius 3 is 2.30 bits per heavy atom. The first kappa shape index (κ1) is 20.8. The number of carbonyl (C=O) groups excluding carboxylic acids is 1. The molecule has 0 aliphatic carbocycles. The first-order valence-corrected chi connectivity index (χ1v) is 10.9. The Hall–Kier alpha value is -4.04. The third-order valence-corrected chi connectivity index (χ3v) is 5.81. The Bertz CT molecular complexity index is 1260. The van der Waals surface area contributed by atoms with Crippen LogP contribution in [0.25, 0.3) is 22.2 Å². The standard InChI is InChI=1S/C25H24N6O2/c32-17-25(33)28-20-4-1-18(2-5-20)19-3-6-22-23(15-19)29-24(16-27-22)31-13-11-30(12-14-31)21-7-9-26-10-8-21/h1-10,15-16,32H,11-14,17H2,(H,28,33). The van der Waals surface area contributed by atoms with Gasteiger partial charge < -0.3 is 20.2 Å². The molecule has 2 N–H and O–H groups in total. The van der Waals surface area contributed by atoms with Crippen molar-refractivity contribution in [2.45, 2.75) is 0 Å². The average molecular weight is 441 g/mol. The zero-order valence-corrected chi connectivity index (χ0v) is 18.1. The van der Waals surface area contributed by atoms with E-state index in [0.717, 1.165) is 54.2 Å². The van der Waals surface area contributed by atoms with Crippen LogP contribution in [-0.4, -0.2) is 58.8 Å². The number of nitrogens with zero attached hydrogens (tertiary/aromatic N) is 5. The maximum absolute atomic E-state index is 11.3. The largest absolute Gasteiger partial charge is 0.387 e. The first-order chi connectivity index (χ1) is 16.2. The summed E-state index contributed by atoms with van der Waals surface area (Å²) in [5.41, 5.74) is 5.57. The number of aliphatic hydroxyl groups excluding tert-OH is 1. The summed E-state index contributed by atoms with van der Waals surface area (Å²) in [5.74, 6) is 0.453.